The van der Waals surface area contributed by atoms with E-state index in [4.69, 9.17) is 19.9 Å². The van der Waals surface area contributed by atoms with Gasteiger partial charge in [0.2, 0.25) is 0 Å². The lowest BCUT2D eigenvalue weighted by Crippen LogP contribution is -2.23. The van der Waals surface area contributed by atoms with Gasteiger partial charge in [-0.15, -0.1) is 0 Å². The van der Waals surface area contributed by atoms with Crippen LogP contribution in [0.4, 0.5) is 0 Å². The smallest absolute Gasteiger partial charge is 0.270 e. The van der Waals surface area contributed by atoms with Crippen LogP contribution in [0.2, 0.25) is 0 Å². The van der Waals surface area contributed by atoms with Crippen LogP contribution in [-0.4, -0.2) is 49.9 Å². The molecule has 20 heavy (non-hydrogen) atoms. The van der Waals surface area contributed by atoms with Crippen molar-refractivity contribution in [1.82, 2.24) is 9.78 Å². The third kappa shape index (κ3) is 6.65. The molecule has 0 saturated heterocycles. The maximum Gasteiger partial charge on any atom is 0.270 e. The molecule has 0 fully saturated rings. The molecule has 0 radical (unpaired) electrons. The number of methoxy groups -OCH3 is 1. The number of rotatable bonds is 11. The molecule has 1 rings (SSSR count). The van der Waals surface area contributed by atoms with E-state index in [9.17, 15) is 4.79 Å². The topological polar surface area (TPSA) is 88.6 Å². The molecule has 7 nitrogen and oxygen atoms in total. The van der Waals surface area contributed by atoms with Gasteiger partial charge in [-0.2, -0.15) is 5.10 Å². The first kappa shape index (κ1) is 16.6. The zero-order valence-corrected chi connectivity index (χ0v) is 11.9. The molecule has 0 bridgehead atoms. The van der Waals surface area contributed by atoms with E-state index in [-0.39, 0.29) is 5.56 Å². The van der Waals surface area contributed by atoms with Gasteiger partial charge in [0.05, 0.1) is 26.0 Å². The molecule has 0 saturated carbocycles. The first-order valence-corrected chi connectivity index (χ1v) is 6.74. The zero-order valence-electron chi connectivity index (χ0n) is 11.9. The Kier molecular flexibility index (Phi) is 8.61. The van der Waals surface area contributed by atoms with Crippen LogP contribution >= 0.6 is 0 Å². The Morgan fingerprint density at radius 2 is 2.10 bits per heavy atom. The van der Waals surface area contributed by atoms with Crippen LogP contribution in [0, 0.1) is 0 Å². The Bertz CT molecular complexity index is 422. The molecule has 1 heterocycles. The van der Waals surface area contributed by atoms with Crippen LogP contribution < -0.4 is 16.0 Å². The van der Waals surface area contributed by atoms with Crippen LogP contribution in [0.25, 0.3) is 0 Å². The molecule has 2 N–H and O–H groups in total. The predicted molar refractivity (Wildman–Crippen MR) is 75.0 cm³/mol. The molecule has 114 valence electrons. The molecule has 0 aliphatic rings. The third-order valence-corrected chi connectivity index (χ3v) is 2.55. The summed E-state index contributed by atoms with van der Waals surface area (Å²) in [6, 6.07) is 1.44. The molecule has 0 spiro atoms. The molecule has 1 aromatic heterocycles. The fraction of sp³-hybridized carbons (Fsp3) is 0.692. The molecule has 0 atom stereocenters. The van der Waals surface area contributed by atoms with Crippen molar-refractivity contribution in [2.45, 2.75) is 19.4 Å². The summed E-state index contributed by atoms with van der Waals surface area (Å²) in [5.74, 6) is 0.482. The van der Waals surface area contributed by atoms with Crippen molar-refractivity contribution in [2.24, 2.45) is 5.73 Å². The average molecular weight is 285 g/mol. The van der Waals surface area contributed by atoms with Gasteiger partial charge in [-0.05, 0) is 19.4 Å². The van der Waals surface area contributed by atoms with E-state index < -0.39 is 0 Å². The Hall–Kier alpha value is -1.44. The fourth-order valence-corrected chi connectivity index (χ4v) is 1.50. The summed E-state index contributed by atoms with van der Waals surface area (Å²) in [6.07, 6.45) is 3.02. The second-order valence-corrected chi connectivity index (χ2v) is 4.20. The van der Waals surface area contributed by atoms with E-state index in [0.29, 0.717) is 45.3 Å². The fourth-order valence-electron chi connectivity index (χ4n) is 1.50. The van der Waals surface area contributed by atoms with Gasteiger partial charge in [-0.1, -0.05) is 0 Å². The molecule has 0 aliphatic heterocycles. The van der Waals surface area contributed by atoms with Crippen molar-refractivity contribution in [3.8, 4) is 5.75 Å². The standard InChI is InChI=1S/C13H23N3O4/c1-18-8-9-19-6-3-5-16-13(17)10-12(11-15-16)20-7-2-4-14/h10-11H,2-9,14H2,1H3. The minimum absolute atomic E-state index is 0.174. The van der Waals surface area contributed by atoms with Crippen molar-refractivity contribution >= 4 is 0 Å². The lowest BCUT2D eigenvalue weighted by Gasteiger charge is -2.07. The Morgan fingerprint density at radius 1 is 1.25 bits per heavy atom. The number of ether oxygens (including phenoxy) is 3. The van der Waals surface area contributed by atoms with Crippen LogP contribution in [0.15, 0.2) is 17.1 Å². The lowest BCUT2D eigenvalue weighted by molar-refractivity contribution is 0.0675. The normalized spacial score (nSPS) is 10.7. The summed E-state index contributed by atoms with van der Waals surface area (Å²) in [5.41, 5.74) is 5.19. The molecule has 0 aliphatic carbocycles. The molecular weight excluding hydrogens is 262 g/mol. The number of aromatic nitrogens is 2. The van der Waals surface area contributed by atoms with E-state index in [2.05, 4.69) is 5.10 Å². The summed E-state index contributed by atoms with van der Waals surface area (Å²) < 4.78 is 16.9. The van der Waals surface area contributed by atoms with Crippen LogP contribution in [0.1, 0.15) is 12.8 Å². The molecule has 7 heteroatoms. The van der Waals surface area contributed by atoms with Crippen LogP contribution in [0.3, 0.4) is 0 Å². The van der Waals surface area contributed by atoms with E-state index in [1.807, 2.05) is 0 Å². The predicted octanol–water partition coefficient (Wildman–Crippen LogP) is 0.0240. The highest BCUT2D eigenvalue weighted by Gasteiger charge is 2.01. The zero-order chi connectivity index (χ0) is 14.6. The van der Waals surface area contributed by atoms with Gasteiger partial charge >= 0.3 is 0 Å². The number of hydrogen-bond acceptors (Lipinski definition) is 6. The molecular formula is C13H23N3O4. The minimum Gasteiger partial charge on any atom is -0.492 e. The van der Waals surface area contributed by atoms with E-state index in [1.165, 1.54) is 10.7 Å². The van der Waals surface area contributed by atoms with Crippen molar-refractivity contribution in [2.75, 3.05) is 40.1 Å². The van der Waals surface area contributed by atoms with Crippen molar-refractivity contribution in [3.63, 3.8) is 0 Å². The number of aryl methyl sites for hydroxylation is 1. The quantitative estimate of drug-likeness (QED) is 0.577. The largest absolute Gasteiger partial charge is 0.492 e. The third-order valence-electron chi connectivity index (χ3n) is 2.55. The van der Waals surface area contributed by atoms with Crippen molar-refractivity contribution in [3.05, 3.63) is 22.6 Å². The Labute approximate surface area is 118 Å². The first-order chi connectivity index (χ1) is 9.77. The summed E-state index contributed by atoms with van der Waals surface area (Å²) in [4.78, 5) is 11.8. The summed E-state index contributed by atoms with van der Waals surface area (Å²) in [7, 11) is 1.63. The SMILES string of the molecule is COCCOCCCn1ncc(OCCCN)cc1=O. The minimum atomic E-state index is -0.174. The second-order valence-electron chi connectivity index (χ2n) is 4.20. The highest BCUT2D eigenvalue weighted by atomic mass is 16.5. The Morgan fingerprint density at radius 3 is 2.80 bits per heavy atom. The maximum absolute atomic E-state index is 11.8. The Balaban J connectivity index is 2.30. The second kappa shape index (κ2) is 10.4. The number of hydrogen-bond donors (Lipinski definition) is 1. The van der Waals surface area contributed by atoms with Gasteiger partial charge in [-0.3, -0.25) is 4.79 Å². The monoisotopic (exact) mass is 285 g/mol. The highest BCUT2D eigenvalue weighted by molar-refractivity contribution is 5.13. The van der Waals surface area contributed by atoms with Crippen molar-refractivity contribution in [1.29, 1.82) is 0 Å². The van der Waals surface area contributed by atoms with E-state index >= 15 is 0 Å². The van der Waals surface area contributed by atoms with Gasteiger partial charge in [0.1, 0.15) is 5.75 Å². The van der Waals surface area contributed by atoms with E-state index in [0.717, 1.165) is 12.8 Å². The number of nitrogens with zero attached hydrogens (tertiary/aromatic N) is 2. The first-order valence-electron chi connectivity index (χ1n) is 6.74. The van der Waals surface area contributed by atoms with Gasteiger partial charge in [0.15, 0.2) is 0 Å². The number of nitrogens with two attached hydrogens (primary N) is 1. The molecule has 0 amide bonds. The maximum atomic E-state index is 11.8. The van der Waals surface area contributed by atoms with Gasteiger partial charge in [0, 0.05) is 26.3 Å². The van der Waals surface area contributed by atoms with Crippen LogP contribution in [0.5, 0.6) is 5.75 Å². The van der Waals surface area contributed by atoms with Gasteiger partial charge in [0.25, 0.3) is 5.56 Å². The lowest BCUT2D eigenvalue weighted by atomic mass is 10.4. The van der Waals surface area contributed by atoms with Gasteiger partial charge < -0.3 is 19.9 Å². The molecule has 0 aromatic carbocycles. The average Bonchev–Trinajstić information content (AvgIpc) is 2.45. The summed E-state index contributed by atoms with van der Waals surface area (Å²) in [5, 5.41) is 4.06. The molecule has 1 aromatic rings. The van der Waals surface area contributed by atoms with Gasteiger partial charge in [-0.25, -0.2) is 4.68 Å². The van der Waals surface area contributed by atoms with Crippen LogP contribution in [-0.2, 0) is 16.0 Å². The summed E-state index contributed by atoms with van der Waals surface area (Å²) in [6.45, 7) is 3.30. The van der Waals surface area contributed by atoms with Crippen molar-refractivity contribution < 1.29 is 14.2 Å². The van der Waals surface area contributed by atoms with E-state index in [1.54, 1.807) is 13.3 Å². The molecule has 0 unspecified atom stereocenters. The highest BCUT2D eigenvalue weighted by Crippen LogP contribution is 2.03. The summed E-state index contributed by atoms with van der Waals surface area (Å²) >= 11 is 0.